The van der Waals surface area contributed by atoms with E-state index in [1.54, 1.807) is 18.2 Å². The van der Waals surface area contributed by atoms with Crippen molar-refractivity contribution in [3.05, 3.63) is 46.5 Å². The number of esters is 1. The molecule has 0 unspecified atom stereocenters. The third kappa shape index (κ3) is 5.80. The van der Waals surface area contributed by atoms with Crippen molar-refractivity contribution in [3.8, 4) is 23.3 Å². The molecule has 0 aromatic heterocycles. The lowest BCUT2D eigenvalue weighted by molar-refractivity contribution is -0.121. The molecule has 0 bridgehead atoms. The number of aryl methyl sites for hydroxylation is 1. The molecule has 0 fully saturated rings. The number of halogens is 1. The standard InChI is InChI=1S/C22H23ClN2O6/c1-14-10-16(6-7-17(14)23)25(9-5-8-24)20(26)13-31-22(27)15-11-18(28-2)21(30-4)19(12-15)29-3/h6-7,10-12H,5,9,13H2,1-4H3. The first-order valence-electron chi connectivity index (χ1n) is 9.26. The summed E-state index contributed by atoms with van der Waals surface area (Å²) in [6.45, 7) is 1.45. The lowest BCUT2D eigenvalue weighted by Gasteiger charge is -2.22. The number of amides is 1. The van der Waals surface area contributed by atoms with Crippen LogP contribution < -0.4 is 19.1 Å². The van der Waals surface area contributed by atoms with Gasteiger partial charge in [0.2, 0.25) is 5.75 Å². The van der Waals surface area contributed by atoms with Crippen LogP contribution in [-0.4, -0.2) is 46.4 Å². The molecule has 0 radical (unpaired) electrons. The van der Waals surface area contributed by atoms with Crippen molar-refractivity contribution in [1.82, 2.24) is 0 Å². The Morgan fingerprint density at radius 1 is 1.06 bits per heavy atom. The van der Waals surface area contributed by atoms with E-state index in [2.05, 4.69) is 0 Å². The zero-order valence-corrected chi connectivity index (χ0v) is 18.5. The van der Waals surface area contributed by atoms with Gasteiger partial charge in [0.25, 0.3) is 5.91 Å². The Morgan fingerprint density at radius 3 is 2.23 bits per heavy atom. The van der Waals surface area contributed by atoms with Crippen LogP contribution in [0.3, 0.4) is 0 Å². The summed E-state index contributed by atoms with van der Waals surface area (Å²) >= 11 is 6.06. The molecule has 0 atom stereocenters. The molecule has 9 heteroatoms. The Morgan fingerprint density at radius 2 is 1.71 bits per heavy atom. The van der Waals surface area contributed by atoms with E-state index in [1.165, 1.54) is 38.4 Å². The van der Waals surface area contributed by atoms with Crippen LogP contribution in [0.15, 0.2) is 30.3 Å². The number of nitriles is 1. The largest absolute Gasteiger partial charge is 0.493 e. The molecule has 0 saturated heterocycles. The van der Waals surface area contributed by atoms with Crippen molar-refractivity contribution >= 4 is 29.2 Å². The fraction of sp³-hybridized carbons (Fsp3) is 0.318. The first kappa shape index (κ1) is 23.8. The molecule has 0 aliphatic heterocycles. The van der Waals surface area contributed by atoms with Gasteiger partial charge < -0.3 is 23.8 Å². The summed E-state index contributed by atoms with van der Waals surface area (Å²) in [6.07, 6.45) is 0.119. The number of hydrogen-bond donors (Lipinski definition) is 0. The molecule has 0 spiro atoms. The van der Waals surface area contributed by atoms with Gasteiger partial charge >= 0.3 is 5.97 Å². The molecular formula is C22H23ClN2O6. The van der Waals surface area contributed by atoms with E-state index in [0.717, 1.165) is 5.56 Å². The molecule has 164 valence electrons. The zero-order valence-electron chi connectivity index (χ0n) is 17.7. The van der Waals surface area contributed by atoms with Gasteiger partial charge in [0, 0.05) is 17.3 Å². The van der Waals surface area contributed by atoms with Crippen molar-refractivity contribution in [2.24, 2.45) is 0 Å². The molecule has 8 nitrogen and oxygen atoms in total. The molecule has 0 N–H and O–H groups in total. The quantitative estimate of drug-likeness (QED) is 0.540. The summed E-state index contributed by atoms with van der Waals surface area (Å²) < 4.78 is 20.9. The van der Waals surface area contributed by atoms with Gasteiger partial charge in [-0.2, -0.15) is 5.26 Å². The Labute approximate surface area is 185 Å². The molecule has 0 aliphatic rings. The third-order valence-corrected chi connectivity index (χ3v) is 4.85. The van der Waals surface area contributed by atoms with Crippen molar-refractivity contribution in [3.63, 3.8) is 0 Å². The smallest absolute Gasteiger partial charge is 0.338 e. The van der Waals surface area contributed by atoms with Crippen molar-refractivity contribution in [2.75, 3.05) is 39.4 Å². The molecule has 0 heterocycles. The Balaban J connectivity index is 2.19. The Bertz CT molecular complexity index is 977. The van der Waals surface area contributed by atoms with E-state index < -0.39 is 18.5 Å². The van der Waals surface area contributed by atoms with Gasteiger partial charge in [-0.25, -0.2) is 4.79 Å². The number of methoxy groups -OCH3 is 3. The van der Waals surface area contributed by atoms with Crippen molar-refractivity contribution in [2.45, 2.75) is 13.3 Å². The maximum atomic E-state index is 12.8. The minimum atomic E-state index is -0.736. The van der Waals surface area contributed by atoms with Crippen LogP contribution in [0, 0.1) is 18.3 Å². The van der Waals surface area contributed by atoms with E-state index in [0.29, 0.717) is 16.5 Å². The average Bonchev–Trinajstić information content (AvgIpc) is 2.78. The van der Waals surface area contributed by atoms with Crippen LogP contribution >= 0.6 is 11.6 Å². The van der Waals surface area contributed by atoms with Gasteiger partial charge in [-0.1, -0.05) is 11.6 Å². The molecular weight excluding hydrogens is 424 g/mol. The summed E-state index contributed by atoms with van der Waals surface area (Å²) in [6, 6.07) is 9.95. The number of carbonyl (C=O) groups is 2. The minimum Gasteiger partial charge on any atom is -0.493 e. The van der Waals surface area contributed by atoms with Crippen LogP contribution in [0.25, 0.3) is 0 Å². The van der Waals surface area contributed by atoms with Gasteiger partial charge in [-0.05, 0) is 42.8 Å². The molecule has 0 saturated carbocycles. The highest BCUT2D eigenvalue weighted by Crippen LogP contribution is 2.38. The summed E-state index contributed by atoms with van der Waals surface area (Å²) in [7, 11) is 4.31. The van der Waals surface area contributed by atoms with Crippen molar-refractivity contribution < 1.29 is 28.5 Å². The molecule has 1 amide bonds. The maximum Gasteiger partial charge on any atom is 0.338 e. The highest BCUT2D eigenvalue weighted by molar-refractivity contribution is 6.31. The Kier molecular flexibility index (Phi) is 8.53. The minimum absolute atomic E-state index is 0.119. The highest BCUT2D eigenvalue weighted by Gasteiger charge is 2.21. The molecule has 2 rings (SSSR count). The first-order chi connectivity index (χ1) is 14.9. The molecule has 2 aromatic carbocycles. The van der Waals surface area contributed by atoms with Gasteiger partial charge in [-0.15, -0.1) is 0 Å². The van der Waals surface area contributed by atoms with Crippen LogP contribution in [0.5, 0.6) is 17.2 Å². The normalized spacial score (nSPS) is 10.1. The summed E-state index contributed by atoms with van der Waals surface area (Å²) in [5.74, 6) is -0.309. The van der Waals surface area contributed by atoms with E-state index in [1.807, 2.05) is 13.0 Å². The number of ether oxygens (including phenoxy) is 4. The number of anilines is 1. The number of hydrogen-bond acceptors (Lipinski definition) is 7. The average molecular weight is 447 g/mol. The monoisotopic (exact) mass is 446 g/mol. The molecule has 2 aromatic rings. The van der Waals surface area contributed by atoms with Crippen LogP contribution in [0.2, 0.25) is 5.02 Å². The van der Waals surface area contributed by atoms with Gasteiger partial charge in [-0.3, -0.25) is 4.79 Å². The highest BCUT2D eigenvalue weighted by atomic mass is 35.5. The van der Waals surface area contributed by atoms with Gasteiger partial charge in [0.1, 0.15) is 0 Å². The second-order valence-electron chi connectivity index (χ2n) is 6.38. The van der Waals surface area contributed by atoms with E-state index in [-0.39, 0.29) is 30.0 Å². The van der Waals surface area contributed by atoms with E-state index >= 15 is 0 Å². The lowest BCUT2D eigenvalue weighted by atomic mass is 10.2. The number of carbonyl (C=O) groups excluding carboxylic acids is 2. The van der Waals surface area contributed by atoms with Crippen LogP contribution in [0.4, 0.5) is 5.69 Å². The van der Waals surface area contributed by atoms with Gasteiger partial charge in [0.15, 0.2) is 18.1 Å². The summed E-state index contributed by atoms with van der Waals surface area (Å²) in [5.41, 5.74) is 1.47. The Hall–Kier alpha value is -3.44. The lowest BCUT2D eigenvalue weighted by Crippen LogP contribution is -2.35. The van der Waals surface area contributed by atoms with E-state index in [4.69, 9.17) is 35.8 Å². The number of rotatable bonds is 9. The first-order valence-corrected chi connectivity index (χ1v) is 9.64. The van der Waals surface area contributed by atoms with Crippen LogP contribution in [-0.2, 0) is 9.53 Å². The molecule has 0 aliphatic carbocycles. The van der Waals surface area contributed by atoms with E-state index in [9.17, 15) is 9.59 Å². The SMILES string of the molecule is COc1cc(C(=O)OCC(=O)N(CCC#N)c2ccc(Cl)c(C)c2)cc(OC)c1OC. The fourth-order valence-electron chi connectivity index (χ4n) is 2.84. The predicted octanol–water partition coefficient (Wildman–Crippen LogP) is 3.78. The van der Waals surface area contributed by atoms with Gasteiger partial charge in [0.05, 0.1) is 39.4 Å². The number of benzene rings is 2. The second-order valence-corrected chi connectivity index (χ2v) is 6.78. The predicted molar refractivity (Wildman–Crippen MR) is 115 cm³/mol. The summed E-state index contributed by atoms with van der Waals surface area (Å²) in [5, 5.41) is 9.48. The van der Waals surface area contributed by atoms with Crippen molar-refractivity contribution in [1.29, 1.82) is 5.26 Å². The maximum absolute atomic E-state index is 12.8. The third-order valence-electron chi connectivity index (χ3n) is 4.43. The second kappa shape index (κ2) is 11.1. The van der Waals surface area contributed by atoms with Crippen LogP contribution in [0.1, 0.15) is 22.3 Å². The zero-order chi connectivity index (χ0) is 23.0. The fourth-order valence-corrected chi connectivity index (χ4v) is 2.96. The number of nitrogens with zero attached hydrogens (tertiary/aromatic N) is 2. The molecule has 31 heavy (non-hydrogen) atoms. The summed E-state index contributed by atoms with van der Waals surface area (Å²) in [4.78, 5) is 26.7. The topological polar surface area (TPSA) is 98.1 Å².